The highest BCUT2D eigenvalue weighted by atomic mass is 16.5. The number of carbonyl (C=O) groups is 1. The number of ether oxygens (including phenoxy) is 2. The van der Waals surface area contributed by atoms with Crippen molar-refractivity contribution in [3.05, 3.63) is 58.7 Å². The van der Waals surface area contributed by atoms with Crippen LogP contribution < -0.4 is 25.6 Å². The molecule has 1 saturated heterocycles. The highest BCUT2D eigenvalue weighted by Gasteiger charge is 2.41. The standard InChI is InChI=1S/C29H29N7O5/c1-16(2)40-24-7-5-21(12-18(24)14-30)36-23-15-31-28(32-19-4-6-22-25(13-19)41-29(38)33-22)34-26(23)35(17(3)27(36)37)20-8-10-39-11-9-20/h4-7,12-13,15-17,20H,8-11H2,1-3H3,(H,33,38)(H,31,32,34)/t17-/m1/s1. The molecule has 2 N–H and O–H groups in total. The Balaban J connectivity index is 1.42. The summed E-state index contributed by atoms with van der Waals surface area (Å²) in [4.78, 5) is 41.2. The van der Waals surface area contributed by atoms with E-state index >= 15 is 0 Å². The quantitative estimate of drug-likeness (QED) is 0.351. The second-order valence-corrected chi connectivity index (χ2v) is 10.3. The number of nitrogens with one attached hydrogen (secondary N) is 2. The lowest BCUT2D eigenvalue weighted by molar-refractivity contribution is -0.119. The van der Waals surface area contributed by atoms with Gasteiger partial charge < -0.3 is 24.1 Å². The number of aromatic amines is 1. The molecule has 4 heterocycles. The lowest BCUT2D eigenvalue weighted by Gasteiger charge is -2.45. The molecule has 1 amide bonds. The molecule has 6 rings (SSSR count). The smallest absolute Gasteiger partial charge is 0.417 e. The van der Waals surface area contributed by atoms with E-state index in [1.807, 2.05) is 20.8 Å². The van der Waals surface area contributed by atoms with Crippen molar-refractivity contribution in [1.82, 2.24) is 15.0 Å². The number of hydrogen-bond donors (Lipinski definition) is 2. The predicted octanol–water partition coefficient (Wildman–Crippen LogP) is 4.37. The number of benzene rings is 2. The van der Waals surface area contributed by atoms with E-state index in [0.29, 0.717) is 64.5 Å². The van der Waals surface area contributed by atoms with E-state index in [4.69, 9.17) is 18.9 Å². The van der Waals surface area contributed by atoms with E-state index in [-0.39, 0.29) is 18.1 Å². The number of nitriles is 1. The average molecular weight is 556 g/mol. The molecule has 2 aromatic carbocycles. The van der Waals surface area contributed by atoms with E-state index in [0.717, 1.165) is 12.8 Å². The minimum Gasteiger partial charge on any atom is -0.490 e. The molecule has 0 radical (unpaired) electrons. The SMILES string of the molecule is CC(C)Oc1ccc(N2C(=O)[C@@H](C)N(C3CCOCC3)c3nc(Nc4ccc5[nH]c(=O)oc5c4)ncc32)cc1C#N. The average Bonchev–Trinajstić information content (AvgIpc) is 3.34. The Kier molecular flexibility index (Phi) is 6.80. The monoisotopic (exact) mass is 555 g/mol. The second-order valence-electron chi connectivity index (χ2n) is 10.3. The van der Waals surface area contributed by atoms with Crippen LogP contribution in [0.5, 0.6) is 5.75 Å². The van der Waals surface area contributed by atoms with Gasteiger partial charge in [0.25, 0.3) is 5.91 Å². The van der Waals surface area contributed by atoms with Gasteiger partial charge in [0.05, 0.1) is 29.1 Å². The van der Waals surface area contributed by atoms with Gasteiger partial charge in [-0.15, -0.1) is 0 Å². The predicted molar refractivity (Wildman–Crippen MR) is 152 cm³/mol. The molecule has 0 aliphatic carbocycles. The van der Waals surface area contributed by atoms with Crippen LogP contribution >= 0.6 is 0 Å². The largest absolute Gasteiger partial charge is 0.490 e. The highest BCUT2D eigenvalue weighted by molar-refractivity contribution is 6.10. The Bertz CT molecular complexity index is 1720. The molecule has 2 aliphatic rings. The molecule has 0 unspecified atom stereocenters. The maximum atomic E-state index is 13.9. The molecular weight excluding hydrogens is 526 g/mol. The third-order valence-electron chi connectivity index (χ3n) is 7.20. The number of carbonyl (C=O) groups excluding carboxylic acids is 1. The Morgan fingerprint density at radius 3 is 2.73 bits per heavy atom. The molecule has 1 atom stereocenters. The second kappa shape index (κ2) is 10.6. The van der Waals surface area contributed by atoms with Gasteiger partial charge in [-0.3, -0.25) is 14.7 Å². The summed E-state index contributed by atoms with van der Waals surface area (Å²) in [7, 11) is 0. The van der Waals surface area contributed by atoms with Gasteiger partial charge in [-0.05, 0) is 63.9 Å². The number of anilines is 5. The topological polar surface area (TPSA) is 150 Å². The molecule has 0 spiro atoms. The Hall–Kier alpha value is -4.89. The first kappa shape index (κ1) is 26.3. The minimum absolute atomic E-state index is 0.0494. The lowest BCUT2D eigenvalue weighted by atomic mass is 10.0. The zero-order chi connectivity index (χ0) is 28.7. The van der Waals surface area contributed by atoms with Crippen LogP contribution in [0.25, 0.3) is 11.1 Å². The Morgan fingerprint density at radius 1 is 1.17 bits per heavy atom. The first-order valence-corrected chi connectivity index (χ1v) is 13.5. The number of nitrogens with zero attached hydrogens (tertiary/aromatic N) is 5. The number of aromatic nitrogens is 3. The molecule has 0 saturated carbocycles. The van der Waals surface area contributed by atoms with E-state index in [2.05, 4.69) is 26.3 Å². The first-order chi connectivity index (χ1) is 19.8. The molecule has 0 bridgehead atoms. The van der Waals surface area contributed by atoms with Crippen molar-refractivity contribution in [2.45, 2.75) is 51.8 Å². The molecule has 2 aliphatic heterocycles. The number of fused-ring (bicyclic) bond motifs is 2. The molecule has 41 heavy (non-hydrogen) atoms. The number of oxazole rings is 1. The van der Waals surface area contributed by atoms with Crippen LogP contribution in [0.4, 0.5) is 28.8 Å². The molecular formula is C29H29N7O5. The number of rotatable bonds is 6. The van der Waals surface area contributed by atoms with Gasteiger partial charge in [-0.2, -0.15) is 10.2 Å². The fourth-order valence-electron chi connectivity index (χ4n) is 5.35. The summed E-state index contributed by atoms with van der Waals surface area (Å²) in [5.41, 5.74) is 3.00. The van der Waals surface area contributed by atoms with Gasteiger partial charge in [-0.25, -0.2) is 9.78 Å². The van der Waals surface area contributed by atoms with E-state index in [9.17, 15) is 14.9 Å². The van der Waals surface area contributed by atoms with Gasteiger partial charge in [-0.1, -0.05) is 0 Å². The van der Waals surface area contributed by atoms with E-state index in [1.165, 1.54) is 0 Å². The van der Waals surface area contributed by atoms with Crippen molar-refractivity contribution in [2.24, 2.45) is 0 Å². The van der Waals surface area contributed by atoms with Crippen LogP contribution in [-0.4, -0.2) is 52.3 Å². The number of H-pyrrole nitrogens is 1. The molecule has 12 heteroatoms. The van der Waals surface area contributed by atoms with Gasteiger partial charge in [0.2, 0.25) is 5.95 Å². The van der Waals surface area contributed by atoms with Crippen LogP contribution in [0.1, 0.15) is 39.2 Å². The van der Waals surface area contributed by atoms with Crippen molar-refractivity contribution in [3.63, 3.8) is 0 Å². The molecule has 2 aromatic heterocycles. The van der Waals surface area contributed by atoms with Crippen molar-refractivity contribution in [2.75, 3.05) is 28.3 Å². The van der Waals surface area contributed by atoms with E-state index < -0.39 is 11.8 Å². The van der Waals surface area contributed by atoms with Gasteiger partial charge >= 0.3 is 5.76 Å². The van der Waals surface area contributed by atoms with Crippen LogP contribution in [0.2, 0.25) is 0 Å². The minimum atomic E-state index is -0.532. The highest BCUT2D eigenvalue weighted by Crippen LogP contribution is 2.42. The Morgan fingerprint density at radius 2 is 1.98 bits per heavy atom. The van der Waals surface area contributed by atoms with Gasteiger partial charge in [0, 0.05) is 31.0 Å². The fourth-order valence-corrected chi connectivity index (χ4v) is 5.35. The van der Waals surface area contributed by atoms with Gasteiger partial charge in [0.15, 0.2) is 11.4 Å². The summed E-state index contributed by atoms with van der Waals surface area (Å²) in [6, 6.07) is 12.0. The molecule has 12 nitrogen and oxygen atoms in total. The van der Waals surface area contributed by atoms with Crippen LogP contribution in [0.15, 0.2) is 51.8 Å². The zero-order valence-electron chi connectivity index (χ0n) is 22.9. The summed E-state index contributed by atoms with van der Waals surface area (Å²) < 4.78 is 16.6. The summed E-state index contributed by atoms with van der Waals surface area (Å²) in [6.07, 6.45) is 3.02. The zero-order valence-corrected chi connectivity index (χ0v) is 22.9. The third-order valence-corrected chi connectivity index (χ3v) is 7.20. The third kappa shape index (κ3) is 4.96. The maximum absolute atomic E-state index is 13.9. The first-order valence-electron chi connectivity index (χ1n) is 13.5. The summed E-state index contributed by atoms with van der Waals surface area (Å²) in [5.74, 6) is 0.688. The fraction of sp³-hybridized carbons (Fsp3) is 0.345. The number of hydrogen-bond acceptors (Lipinski definition) is 10. The molecule has 1 fully saturated rings. The maximum Gasteiger partial charge on any atom is 0.417 e. The molecule has 210 valence electrons. The van der Waals surface area contributed by atoms with Crippen molar-refractivity contribution in [3.8, 4) is 11.8 Å². The van der Waals surface area contributed by atoms with Crippen molar-refractivity contribution >= 4 is 45.8 Å². The normalized spacial score (nSPS) is 17.5. The van der Waals surface area contributed by atoms with Crippen molar-refractivity contribution < 1.29 is 18.7 Å². The molecule has 4 aromatic rings. The summed E-state index contributed by atoms with van der Waals surface area (Å²) in [5, 5.41) is 13.0. The summed E-state index contributed by atoms with van der Waals surface area (Å²) in [6.45, 7) is 6.85. The Labute approximate surface area is 235 Å². The van der Waals surface area contributed by atoms with Gasteiger partial charge in [0.1, 0.15) is 23.5 Å². The van der Waals surface area contributed by atoms with E-state index in [1.54, 1.807) is 47.5 Å². The number of amides is 1. The van der Waals surface area contributed by atoms with Crippen molar-refractivity contribution in [1.29, 1.82) is 5.26 Å². The summed E-state index contributed by atoms with van der Waals surface area (Å²) >= 11 is 0. The van der Waals surface area contributed by atoms with Crippen LogP contribution in [0.3, 0.4) is 0 Å². The lowest BCUT2D eigenvalue weighted by Crippen LogP contribution is -2.56. The van der Waals surface area contributed by atoms with Crippen LogP contribution in [-0.2, 0) is 9.53 Å². The van der Waals surface area contributed by atoms with Crippen LogP contribution in [0, 0.1) is 11.3 Å².